The normalized spacial score (nSPS) is 12.1. The van der Waals surface area contributed by atoms with Gasteiger partial charge in [0.15, 0.2) is 0 Å². The smallest absolute Gasteiger partial charge is 0.389 e. The summed E-state index contributed by atoms with van der Waals surface area (Å²) in [4.78, 5) is 14.2. The Hall–Kier alpha value is -1.84. The summed E-state index contributed by atoms with van der Waals surface area (Å²) in [7, 11) is -3.90. The quantitative estimate of drug-likeness (QED) is 0.796. The fraction of sp³-hybridized carbons (Fsp3) is 0.455. The lowest BCUT2D eigenvalue weighted by Gasteiger charge is -2.09. The highest BCUT2D eigenvalue weighted by molar-refractivity contribution is 7.92. The van der Waals surface area contributed by atoms with E-state index in [9.17, 15) is 26.4 Å². The largest absolute Gasteiger partial charge is 0.481 e. The Labute approximate surface area is 119 Å². The van der Waals surface area contributed by atoms with Crippen LogP contribution in [0.15, 0.2) is 18.3 Å². The van der Waals surface area contributed by atoms with Gasteiger partial charge >= 0.3 is 12.1 Å². The minimum absolute atomic E-state index is 0.0659. The van der Waals surface area contributed by atoms with Crippen molar-refractivity contribution in [3.63, 3.8) is 0 Å². The number of halogens is 3. The Balaban J connectivity index is 2.57. The van der Waals surface area contributed by atoms with Gasteiger partial charge in [-0.1, -0.05) is 0 Å². The zero-order chi connectivity index (χ0) is 16.1. The highest BCUT2D eigenvalue weighted by Crippen LogP contribution is 2.21. The molecule has 0 saturated carbocycles. The van der Waals surface area contributed by atoms with E-state index >= 15 is 0 Å². The molecule has 0 fully saturated rings. The van der Waals surface area contributed by atoms with Gasteiger partial charge in [0.2, 0.25) is 10.0 Å². The standard InChI is InChI=1S/C11H13F3N2O4S/c12-11(13,14)4-1-5-21(19,20)16-9-3-2-8(15-7-9)6-10(17)18/h2-3,7,16H,1,4-6H2,(H,17,18). The van der Waals surface area contributed by atoms with Crippen LogP contribution in [0.1, 0.15) is 18.5 Å². The number of anilines is 1. The van der Waals surface area contributed by atoms with Crippen LogP contribution in [-0.4, -0.2) is 36.4 Å². The number of hydrogen-bond donors (Lipinski definition) is 2. The lowest BCUT2D eigenvalue weighted by molar-refractivity contribution is -0.136. The van der Waals surface area contributed by atoms with Gasteiger partial charge in [0, 0.05) is 6.42 Å². The van der Waals surface area contributed by atoms with Crippen LogP contribution in [-0.2, 0) is 21.2 Å². The van der Waals surface area contributed by atoms with E-state index in [1.807, 2.05) is 0 Å². The van der Waals surface area contributed by atoms with E-state index in [0.29, 0.717) is 0 Å². The zero-order valence-corrected chi connectivity index (χ0v) is 11.5. The van der Waals surface area contributed by atoms with Gasteiger partial charge in [-0.15, -0.1) is 0 Å². The third-order valence-corrected chi connectivity index (χ3v) is 3.68. The van der Waals surface area contributed by atoms with Gasteiger partial charge in [-0.05, 0) is 18.6 Å². The van der Waals surface area contributed by atoms with Crippen molar-refractivity contribution in [3.05, 3.63) is 24.0 Å². The molecule has 2 N–H and O–H groups in total. The molecule has 0 spiro atoms. The minimum atomic E-state index is -4.39. The van der Waals surface area contributed by atoms with E-state index in [1.165, 1.54) is 12.1 Å². The number of nitrogens with one attached hydrogen (secondary N) is 1. The van der Waals surface area contributed by atoms with Crippen LogP contribution >= 0.6 is 0 Å². The molecule has 1 rings (SSSR count). The first-order valence-electron chi connectivity index (χ1n) is 5.81. The highest BCUT2D eigenvalue weighted by Gasteiger charge is 2.27. The van der Waals surface area contributed by atoms with E-state index in [1.54, 1.807) is 0 Å². The van der Waals surface area contributed by atoms with Crippen LogP contribution in [0.4, 0.5) is 18.9 Å². The molecule has 1 heterocycles. The molecule has 1 aromatic heterocycles. The molecule has 0 aliphatic heterocycles. The third-order valence-electron chi connectivity index (χ3n) is 2.30. The van der Waals surface area contributed by atoms with Crippen molar-refractivity contribution in [2.75, 3.05) is 10.5 Å². The number of sulfonamides is 1. The predicted octanol–water partition coefficient (Wildman–Crippen LogP) is 1.79. The maximum Gasteiger partial charge on any atom is 0.389 e. The second-order valence-corrected chi connectivity index (χ2v) is 6.09. The summed E-state index contributed by atoms with van der Waals surface area (Å²) in [5.41, 5.74) is 0.304. The summed E-state index contributed by atoms with van der Waals surface area (Å²) in [5, 5.41) is 8.54. The van der Waals surface area contributed by atoms with Crippen molar-refractivity contribution in [1.82, 2.24) is 4.98 Å². The van der Waals surface area contributed by atoms with Crippen molar-refractivity contribution in [2.45, 2.75) is 25.4 Å². The molecule has 0 aromatic carbocycles. The van der Waals surface area contributed by atoms with Gasteiger partial charge in [-0.2, -0.15) is 13.2 Å². The van der Waals surface area contributed by atoms with E-state index < -0.39 is 40.8 Å². The molecule has 1 aromatic rings. The summed E-state index contributed by atoms with van der Waals surface area (Å²) >= 11 is 0. The summed E-state index contributed by atoms with van der Waals surface area (Å²) in [6, 6.07) is 2.62. The van der Waals surface area contributed by atoms with Crippen molar-refractivity contribution in [2.24, 2.45) is 0 Å². The average molecular weight is 326 g/mol. The summed E-state index contributed by atoms with van der Waals surface area (Å²) < 4.78 is 61.0. The number of rotatable bonds is 7. The van der Waals surface area contributed by atoms with Gasteiger partial charge in [0.25, 0.3) is 0 Å². The molecule has 0 aliphatic carbocycles. The number of carboxylic acid groups (broad SMARTS) is 1. The van der Waals surface area contributed by atoms with Crippen LogP contribution < -0.4 is 4.72 Å². The maximum atomic E-state index is 11.9. The molecule has 118 valence electrons. The number of alkyl halides is 3. The second kappa shape index (κ2) is 6.74. The number of aromatic nitrogens is 1. The van der Waals surface area contributed by atoms with Crippen LogP contribution in [0.5, 0.6) is 0 Å². The minimum Gasteiger partial charge on any atom is -0.481 e. The Morgan fingerprint density at radius 3 is 2.48 bits per heavy atom. The molecule has 0 saturated heterocycles. The van der Waals surface area contributed by atoms with Crippen LogP contribution in [0, 0.1) is 0 Å². The van der Waals surface area contributed by atoms with Gasteiger partial charge in [0.1, 0.15) is 0 Å². The van der Waals surface area contributed by atoms with Gasteiger partial charge < -0.3 is 5.11 Å². The van der Waals surface area contributed by atoms with Crippen molar-refractivity contribution < 1.29 is 31.5 Å². The molecule has 10 heteroatoms. The topological polar surface area (TPSA) is 96.4 Å². The molecule has 0 unspecified atom stereocenters. The molecule has 6 nitrogen and oxygen atoms in total. The van der Waals surface area contributed by atoms with Crippen molar-refractivity contribution in [1.29, 1.82) is 0 Å². The fourth-order valence-corrected chi connectivity index (χ4v) is 2.54. The third kappa shape index (κ3) is 7.49. The Kier molecular flexibility index (Phi) is 5.53. The van der Waals surface area contributed by atoms with Crippen LogP contribution in [0.25, 0.3) is 0 Å². The summed E-state index contributed by atoms with van der Waals surface area (Å²) in [6.45, 7) is 0. The van der Waals surface area contributed by atoms with E-state index in [2.05, 4.69) is 9.71 Å². The Morgan fingerprint density at radius 1 is 1.33 bits per heavy atom. The average Bonchev–Trinajstić information content (AvgIpc) is 2.28. The van der Waals surface area contributed by atoms with E-state index in [0.717, 1.165) is 6.20 Å². The van der Waals surface area contributed by atoms with Gasteiger partial charge in [-0.3, -0.25) is 14.5 Å². The van der Waals surface area contributed by atoms with Gasteiger partial charge in [-0.25, -0.2) is 8.42 Å². The Morgan fingerprint density at radius 2 is 2.00 bits per heavy atom. The first-order valence-corrected chi connectivity index (χ1v) is 7.46. The Bertz CT molecular complexity index is 584. The van der Waals surface area contributed by atoms with E-state index in [4.69, 9.17) is 5.11 Å². The van der Waals surface area contributed by atoms with Crippen LogP contribution in [0.2, 0.25) is 0 Å². The molecule has 0 atom stereocenters. The lowest BCUT2D eigenvalue weighted by atomic mass is 10.3. The number of carbonyl (C=O) groups is 1. The predicted molar refractivity (Wildman–Crippen MR) is 68.3 cm³/mol. The number of pyridine rings is 1. The highest BCUT2D eigenvalue weighted by atomic mass is 32.2. The molecule has 21 heavy (non-hydrogen) atoms. The van der Waals surface area contributed by atoms with Gasteiger partial charge in [0.05, 0.1) is 29.8 Å². The lowest BCUT2D eigenvalue weighted by Crippen LogP contribution is -2.19. The first-order chi connectivity index (χ1) is 9.57. The fourth-order valence-electron chi connectivity index (χ4n) is 1.44. The van der Waals surface area contributed by atoms with E-state index in [-0.39, 0.29) is 17.8 Å². The number of nitrogens with zero attached hydrogens (tertiary/aromatic N) is 1. The molecule has 0 aliphatic rings. The van der Waals surface area contributed by atoms with Crippen molar-refractivity contribution >= 4 is 21.7 Å². The second-order valence-electron chi connectivity index (χ2n) is 4.25. The molecule has 0 radical (unpaired) electrons. The number of aliphatic carboxylic acids is 1. The number of hydrogen-bond acceptors (Lipinski definition) is 4. The first kappa shape index (κ1) is 17.2. The molecule has 0 bridgehead atoms. The SMILES string of the molecule is O=C(O)Cc1ccc(NS(=O)(=O)CCCC(F)(F)F)cn1. The zero-order valence-electron chi connectivity index (χ0n) is 10.7. The maximum absolute atomic E-state index is 11.9. The number of carboxylic acids is 1. The van der Waals surface area contributed by atoms with Crippen molar-refractivity contribution in [3.8, 4) is 0 Å². The molecular formula is C11H13F3N2O4S. The van der Waals surface area contributed by atoms with Crippen LogP contribution in [0.3, 0.4) is 0 Å². The molecule has 0 amide bonds. The molecular weight excluding hydrogens is 313 g/mol. The monoisotopic (exact) mass is 326 g/mol. The summed E-state index contributed by atoms with van der Waals surface area (Å²) in [6.07, 6.45) is -5.30. The summed E-state index contributed by atoms with van der Waals surface area (Å²) in [5.74, 6) is -1.74.